The van der Waals surface area contributed by atoms with Crippen molar-refractivity contribution in [1.82, 2.24) is 4.90 Å². The Morgan fingerprint density at radius 3 is 1.47 bits per heavy atom. The maximum absolute atomic E-state index is 12.6. The minimum absolute atomic E-state index is 0.00708. The third kappa shape index (κ3) is 43.1. The van der Waals surface area contributed by atoms with Crippen LogP contribution in [-0.2, 0) is 32.7 Å². The van der Waals surface area contributed by atoms with Gasteiger partial charge in [0.05, 0.1) is 13.2 Å². The highest BCUT2D eigenvalue weighted by Gasteiger charge is 2.26. The SMILES string of the molecule is CCCCC/C=C\C/C=C\C/C=C\C/C=C\C/C=C\CCC(=O)OC(COC(=O)CCCCCCCCCCCCCCCCC)COP(=O)(O)OCCN(C)C. The van der Waals surface area contributed by atoms with E-state index in [-0.39, 0.29) is 32.0 Å². The molecule has 10 heteroatoms. The van der Waals surface area contributed by atoms with Crippen LogP contribution in [0.2, 0.25) is 0 Å². The van der Waals surface area contributed by atoms with Crippen LogP contribution in [0, 0.1) is 0 Å². The molecule has 0 saturated carbocycles. The van der Waals surface area contributed by atoms with E-state index >= 15 is 0 Å². The van der Waals surface area contributed by atoms with Crippen LogP contribution in [0.15, 0.2) is 60.8 Å². The van der Waals surface area contributed by atoms with Gasteiger partial charge < -0.3 is 19.3 Å². The molecule has 0 rings (SSSR count). The lowest BCUT2D eigenvalue weighted by molar-refractivity contribution is -0.161. The number of carbonyl (C=O) groups excluding carboxylic acids is 2. The zero-order valence-corrected chi connectivity index (χ0v) is 37.7. The summed E-state index contributed by atoms with van der Waals surface area (Å²) in [5.41, 5.74) is 0. The third-order valence-electron chi connectivity index (χ3n) is 9.34. The van der Waals surface area contributed by atoms with Crippen molar-refractivity contribution >= 4 is 19.8 Å². The third-order valence-corrected chi connectivity index (χ3v) is 10.3. The standard InChI is InChI=1S/C47H84NO8P/c1-5-7-9-11-13-15-17-19-21-22-23-24-26-28-30-32-34-36-38-40-47(50)56-45(44-55-57(51,52)54-42-41-48(3)4)43-53-46(49)39-37-35-33-31-29-27-25-20-18-16-14-12-10-8-6-2/h13,15,19,21,23-24,28,30,34,36,45H,5-12,14,16-18,20,22,25-27,29,31-33,35,37-44H2,1-4H3,(H,51,52)/b15-13-,21-19-,24-23-,30-28-,36-34-. The Hall–Kier alpha value is -2.29. The average molecular weight is 822 g/mol. The Labute approximate surface area is 349 Å². The van der Waals surface area contributed by atoms with Gasteiger partial charge in [-0.05, 0) is 65.5 Å². The first-order valence-corrected chi connectivity index (χ1v) is 24.1. The van der Waals surface area contributed by atoms with E-state index in [0.29, 0.717) is 13.0 Å². The maximum Gasteiger partial charge on any atom is 0.472 e. The number of phosphoric ester groups is 1. The van der Waals surface area contributed by atoms with Crippen molar-refractivity contribution in [2.45, 2.75) is 187 Å². The van der Waals surface area contributed by atoms with E-state index in [2.05, 4.69) is 62.5 Å². The Kier molecular flexibility index (Phi) is 40.2. The summed E-state index contributed by atoms with van der Waals surface area (Å²) in [5, 5.41) is 0. The molecular formula is C47H84NO8P. The van der Waals surface area contributed by atoms with E-state index in [1.807, 2.05) is 31.1 Å². The van der Waals surface area contributed by atoms with Gasteiger partial charge in [-0.2, -0.15) is 0 Å². The zero-order chi connectivity index (χ0) is 41.9. The second-order valence-electron chi connectivity index (χ2n) is 15.2. The minimum Gasteiger partial charge on any atom is -0.462 e. The molecule has 0 aromatic carbocycles. The Morgan fingerprint density at radius 2 is 0.982 bits per heavy atom. The molecule has 1 N–H and O–H groups in total. The summed E-state index contributed by atoms with van der Waals surface area (Å²) in [6.45, 7) is 4.21. The Morgan fingerprint density at radius 1 is 0.544 bits per heavy atom. The Balaban J connectivity index is 4.40. The number of nitrogens with zero attached hydrogens (tertiary/aromatic N) is 1. The van der Waals surface area contributed by atoms with Crippen LogP contribution in [0.4, 0.5) is 0 Å². The predicted molar refractivity (Wildman–Crippen MR) is 238 cm³/mol. The normalized spacial score (nSPS) is 13.9. The van der Waals surface area contributed by atoms with Gasteiger partial charge in [-0.25, -0.2) is 4.57 Å². The summed E-state index contributed by atoms with van der Waals surface area (Å²) < 4.78 is 33.4. The molecule has 0 aliphatic carbocycles. The number of likely N-dealkylation sites (N-methyl/N-ethyl adjacent to an activating group) is 1. The summed E-state index contributed by atoms with van der Waals surface area (Å²) in [6.07, 6.45) is 48.5. The van der Waals surface area contributed by atoms with E-state index in [4.69, 9.17) is 18.5 Å². The lowest BCUT2D eigenvalue weighted by atomic mass is 10.0. The fourth-order valence-corrected chi connectivity index (χ4v) is 6.59. The van der Waals surface area contributed by atoms with Crippen molar-refractivity contribution in [3.63, 3.8) is 0 Å². The molecule has 57 heavy (non-hydrogen) atoms. The van der Waals surface area contributed by atoms with Crippen LogP contribution >= 0.6 is 7.82 Å². The molecule has 0 aliphatic rings. The number of esters is 2. The summed E-state index contributed by atoms with van der Waals surface area (Å²) in [7, 11) is -0.750. The molecule has 2 unspecified atom stereocenters. The topological polar surface area (TPSA) is 112 Å². The average Bonchev–Trinajstić information content (AvgIpc) is 3.18. The number of allylic oxidation sites excluding steroid dienone is 10. The number of unbranched alkanes of at least 4 members (excludes halogenated alkanes) is 17. The number of rotatable bonds is 41. The molecule has 330 valence electrons. The minimum atomic E-state index is -4.38. The maximum atomic E-state index is 12.6. The van der Waals surface area contributed by atoms with Gasteiger partial charge in [0, 0.05) is 19.4 Å². The summed E-state index contributed by atoms with van der Waals surface area (Å²) in [5.74, 6) is -0.898. The summed E-state index contributed by atoms with van der Waals surface area (Å²) in [4.78, 5) is 37.0. The van der Waals surface area contributed by atoms with Crippen LogP contribution in [-0.4, -0.2) is 68.3 Å². The zero-order valence-electron chi connectivity index (χ0n) is 36.8. The van der Waals surface area contributed by atoms with Gasteiger partial charge in [-0.15, -0.1) is 0 Å². The predicted octanol–water partition coefficient (Wildman–Crippen LogP) is 13.1. The molecule has 0 bridgehead atoms. The Bertz CT molecular complexity index is 1130. The molecule has 0 aliphatic heterocycles. The van der Waals surface area contributed by atoms with Crippen LogP contribution in [0.5, 0.6) is 0 Å². The highest BCUT2D eigenvalue weighted by atomic mass is 31.2. The first-order valence-electron chi connectivity index (χ1n) is 22.6. The lowest BCUT2D eigenvalue weighted by Gasteiger charge is -2.20. The van der Waals surface area contributed by atoms with E-state index in [1.54, 1.807) is 0 Å². The van der Waals surface area contributed by atoms with Gasteiger partial charge in [0.15, 0.2) is 6.10 Å². The fraction of sp³-hybridized carbons (Fsp3) is 0.745. The van der Waals surface area contributed by atoms with Crippen LogP contribution in [0.25, 0.3) is 0 Å². The molecule has 0 radical (unpaired) electrons. The van der Waals surface area contributed by atoms with Crippen molar-refractivity contribution in [3.8, 4) is 0 Å². The number of phosphoric acid groups is 1. The van der Waals surface area contributed by atoms with Crippen LogP contribution in [0.3, 0.4) is 0 Å². The van der Waals surface area contributed by atoms with E-state index in [9.17, 15) is 19.0 Å². The first-order chi connectivity index (χ1) is 27.7. The van der Waals surface area contributed by atoms with Crippen LogP contribution in [0.1, 0.15) is 181 Å². The molecule has 0 amide bonds. The molecule has 2 atom stereocenters. The van der Waals surface area contributed by atoms with Crippen molar-refractivity contribution < 1.29 is 37.6 Å². The molecule has 0 spiro atoms. The lowest BCUT2D eigenvalue weighted by Crippen LogP contribution is -2.29. The summed E-state index contributed by atoms with van der Waals surface area (Å²) >= 11 is 0. The fourth-order valence-electron chi connectivity index (χ4n) is 5.85. The molecule has 0 fully saturated rings. The van der Waals surface area contributed by atoms with Crippen LogP contribution < -0.4 is 0 Å². The first kappa shape index (κ1) is 54.7. The van der Waals surface area contributed by atoms with Gasteiger partial charge in [-0.1, -0.05) is 177 Å². The van der Waals surface area contributed by atoms with E-state index in [0.717, 1.165) is 44.9 Å². The highest BCUT2D eigenvalue weighted by Crippen LogP contribution is 2.43. The van der Waals surface area contributed by atoms with Crippen molar-refractivity contribution in [2.24, 2.45) is 0 Å². The largest absolute Gasteiger partial charge is 0.472 e. The molecule has 0 aromatic heterocycles. The molecule has 9 nitrogen and oxygen atoms in total. The number of hydrogen-bond donors (Lipinski definition) is 1. The summed E-state index contributed by atoms with van der Waals surface area (Å²) in [6, 6.07) is 0. The molecule has 0 heterocycles. The molecular weight excluding hydrogens is 737 g/mol. The number of carbonyl (C=O) groups is 2. The monoisotopic (exact) mass is 822 g/mol. The van der Waals surface area contributed by atoms with Crippen molar-refractivity contribution in [2.75, 3.05) is 40.5 Å². The van der Waals surface area contributed by atoms with Gasteiger partial charge >= 0.3 is 19.8 Å². The quantitative estimate of drug-likeness (QED) is 0.0279. The van der Waals surface area contributed by atoms with Crippen molar-refractivity contribution in [1.29, 1.82) is 0 Å². The number of ether oxygens (including phenoxy) is 2. The van der Waals surface area contributed by atoms with Gasteiger partial charge in [-0.3, -0.25) is 18.6 Å². The number of hydrogen-bond acceptors (Lipinski definition) is 8. The molecule has 0 aromatic rings. The van der Waals surface area contributed by atoms with E-state index in [1.165, 1.54) is 103 Å². The van der Waals surface area contributed by atoms with Gasteiger partial charge in [0.1, 0.15) is 6.61 Å². The smallest absolute Gasteiger partial charge is 0.462 e. The highest BCUT2D eigenvalue weighted by molar-refractivity contribution is 7.47. The van der Waals surface area contributed by atoms with Gasteiger partial charge in [0.2, 0.25) is 0 Å². The van der Waals surface area contributed by atoms with Crippen molar-refractivity contribution in [3.05, 3.63) is 60.8 Å². The van der Waals surface area contributed by atoms with Gasteiger partial charge in [0.25, 0.3) is 0 Å². The second kappa shape index (κ2) is 41.9. The molecule has 0 saturated heterocycles. The second-order valence-corrected chi connectivity index (χ2v) is 16.7. The van der Waals surface area contributed by atoms with E-state index < -0.39 is 26.5 Å².